The van der Waals surface area contributed by atoms with Crippen molar-refractivity contribution >= 4 is 28.2 Å². The zero-order valence-corrected chi connectivity index (χ0v) is 15.2. The number of carbonyl (C=O) groups is 1. The summed E-state index contributed by atoms with van der Waals surface area (Å²) >= 11 is 1.32. The molecule has 1 aromatic carbocycles. The maximum absolute atomic E-state index is 12.3. The molecule has 0 radical (unpaired) electrons. The zero-order valence-electron chi connectivity index (χ0n) is 14.3. The standard InChI is InChI=1S/C19H16N4O2S/c1-3-23(2)19(24)16-11-21-18(26-16)17-14-5-4-13(10-15(14)25-22-17)12-6-8-20-9-7-12/h4-11H,3H2,1-2H3. The number of amides is 1. The summed E-state index contributed by atoms with van der Waals surface area (Å²) in [6.07, 6.45) is 5.11. The number of rotatable bonds is 4. The molecule has 0 aliphatic carbocycles. The number of aromatic nitrogens is 3. The lowest BCUT2D eigenvalue weighted by molar-refractivity contribution is 0.0807. The van der Waals surface area contributed by atoms with E-state index in [2.05, 4.69) is 15.1 Å². The number of fused-ring (bicyclic) bond motifs is 1. The molecule has 0 spiro atoms. The molecule has 3 heterocycles. The minimum absolute atomic E-state index is 0.0379. The Morgan fingerprint density at radius 2 is 2.00 bits per heavy atom. The van der Waals surface area contributed by atoms with Crippen molar-refractivity contribution in [3.05, 3.63) is 53.8 Å². The van der Waals surface area contributed by atoms with Crippen LogP contribution in [0.1, 0.15) is 16.6 Å². The Morgan fingerprint density at radius 1 is 1.19 bits per heavy atom. The van der Waals surface area contributed by atoms with Crippen molar-refractivity contribution in [2.45, 2.75) is 6.92 Å². The first-order valence-electron chi connectivity index (χ1n) is 8.19. The summed E-state index contributed by atoms with van der Waals surface area (Å²) in [5.74, 6) is -0.0379. The van der Waals surface area contributed by atoms with Crippen molar-refractivity contribution in [3.8, 4) is 21.8 Å². The molecule has 1 amide bonds. The predicted molar refractivity (Wildman–Crippen MR) is 101 cm³/mol. The van der Waals surface area contributed by atoms with Gasteiger partial charge >= 0.3 is 0 Å². The summed E-state index contributed by atoms with van der Waals surface area (Å²) in [5, 5.41) is 5.72. The van der Waals surface area contributed by atoms with Gasteiger partial charge in [-0.1, -0.05) is 11.2 Å². The van der Waals surface area contributed by atoms with Gasteiger partial charge in [0.2, 0.25) is 0 Å². The average molecular weight is 364 g/mol. The van der Waals surface area contributed by atoms with E-state index in [1.807, 2.05) is 37.3 Å². The Hall–Kier alpha value is -3.06. The molecule has 0 unspecified atom stereocenters. The van der Waals surface area contributed by atoms with E-state index < -0.39 is 0 Å². The van der Waals surface area contributed by atoms with Crippen LogP contribution in [-0.2, 0) is 0 Å². The van der Waals surface area contributed by atoms with Crippen LogP contribution in [0.5, 0.6) is 0 Å². The average Bonchev–Trinajstić information content (AvgIpc) is 3.33. The predicted octanol–water partition coefficient (Wildman–Crippen LogP) is 4.11. The number of hydrogen-bond donors (Lipinski definition) is 0. The highest BCUT2D eigenvalue weighted by Gasteiger charge is 2.18. The molecule has 0 N–H and O–H groups in total. The van der Waals surface area contributed by atoms with Gasteiger partial charge in [0.15, 0.2) is 5.58 Å². The van der Waals surface area contributed by atoms with Gasteiger partial charge in [-0.15, -0.1) is 11.3 Å². The zero-order chi connectivity index (χ0) is 18.1. The van der Waals surface area contributed by atoms with Gasteiger partial charge < -0.3 is 9.42 Å². The number of nitrogens with zero attached hydrogens (tertiary/aromatic N) is 4. The van der Waals surface area contributed by atoms with E-state index in [0.717, 1.165) is 16.5 Å². The molecule has 0 bridgehead atoms. The minimum atomic E-state index is -0.0379. The van der Waals surface area contributed by atoms with Crippen LogP contribution in [0.25, 0.3) is 32.8 Å². The Bertz CT molecular complexity index is 1070. The summed E-state index contributed by atoms with van der Waals surface area (Å²) in [6.45, 7) is 2.59. The van der Waals surface area contributed by atoms with Crippen LogP contribution in [0, 0.1) is 0 Å². The fraction of sp³-hybridized carbons (Fsp3) is 0.158. The van der Waals surface area contributed by atoms with Gasteiger partial charge in [0.1, 0.15) is 15.6 Å². The van der Waals surface area contributed by atoms with Crippen LogP contribution in [0.4, 0.5) is 0 Å². The Kier molecular flexibility index (Phi) is 4.22. The highest BCUT2D eigenvalue weighted by Crippen LogP contribution is 2.33. The molecule has 0 fully saturated rings. The molecule has 26 heavy (non-hydrogen) atoms. The van der Waals surface area contributed by atoms with E-state index in [1.165, 1.54) is 11.3 Å². The second-order valence-electron chi connectivity index (χ2n) is 5.83. The van der Waals surface area contributed by atoms with Gasteiger partial charge in [0.05, 0.1) is 11.6 Å². The SMILES string of the molecule is CCN(C)C(=O)c1cnc(-c2noc3cc(-c4ccncc4)ccc23)s1. The number of carbonyl (C=O) groups excluding carboxylic acids is 1. The highest BCUT2D eigenvalue weighted by atomic mass is 32.1. The fourth-order valence-corrected chi connectivity index (χ4v) is 3.54. The summed E-state index contributed by atoms with van der Waals surface area (Å²) in [7, 11) is 1.77. The van der Waals surface area contributed by atoms with Gasteiger partial charge in [-0.05, 0) is 42.3 Å². The molecule has 0 aliphatic heterocycles. The fourth-order valence-electron chi connectivity index (χ4n) is 2.63. The maximum atomic E-state index is 12.3. The molecule has 7 heteroatoms. The molecule has 4 rings (SSSR count). The third-order valence-corrected chi connectivity index (χ3v) is 5.22. The van der Waals surface area contributed by atoms with E-state index in [4.69, 9.17) is 4.52 Å². The van der Waals surface area contributed by atoms with Crippen molar-refractivity contribution in [3.63, 3.8) is 0 Å². The van der Waals surface area contributed by atoms with E-state index in [1.54, 1.807) is 30.5 Å². The largest absolute Gasteiger partial charge is 0.356 e. The van der Waals surface area contributed by atoms with E-state index in [-0.39, 0.29) is 5.91 Å². The molecule has 0 aliphatic rings. The third kappa shape index (κ3) is 2.86. The molecule has 4 aromatic rings. The van der Waals surface area contributed by atoms with Gasteiger partial charge in [0, 0.05) is 26.0 Å². The van der Waals surface area contributed by atoms with Crippen molar-refractivity contribution in [2.24, 2.45) is 0 Å². The van der Waals surface area contributed by atoms with Crippen molar-refractivity contribution in [1.82, 2.24) is 20.0 Å². The molecular weight excluding hydrogens is 348 g/mol. The highest BCUT2D eigenvalue weighted by molar-refractivity contribution is 7.17. The third-order valence-electron chi connectivity index (χ3n) is 4.23. The summed E-state index contributed by atoms with van der Waals surface area (Å²) in [4.78, 5) is 22.9. The maximum Gasteiger partial charge on any atom is 0.265 e. The van der Waals surface area contributed by atoms with Crippen LogP contribution in [0.15, 0.2) is 53.4 Å². The van der Waals surface area contributed by atoms with Gasteiger partial charge in [-0.2, -0.15) is 0 Å². The number of thiazole rings is 1. The molecular formula is C19H16N4O2S. The quantitative estimate of drug-likeness (QED) is 0.545. The van der Waals surface area contributed by atoms with E-state index >= 15 is 0 Å². The van der Waals surface area contributed by atoms with Gasteiger partial charge in [-0.3, -0.25) is 9.78 Å². The monoisotopic (exact) mass is 364 g/mol. The minimum Gasteiger partial charge on any atom is -0.356 e. The molecule has 130 valence electrons. The summed E-state index contributed by atoms with van der Waals surface area (Å²) in [5.41, 5.74) is 3.43. The molecule has 6 nitrogen and oxygen atoms in total. The number of pyridine rings is 1. The van der Waals surface area contributed by atoms with E-state index in [0.29, 0.717) is 27.7 Å². The lowest BCUT2D eigenvalue weighted by Gasteiger charge is -2.11. The number of hydrogen-bond acceptors (Lipinski definition) is 6. The smallest absolute Gasteiger partial charge is 0.265 e. The summed E-state index contributed by atoms with van der Waals surface area (Å²) < 4.78 is 5.51. The first-order valence-corrected chi connectivity index (χ1v) is 9.00. The molecule has 0 saturated carbocycles. The Labute approximate surface area is 154 Å². The number of benzene rings is 1. The van der Waals surface area contributed by atoms with Crippen molar-refractivity contribution in [2.75, 3.05) is 13.6 Å². The van der Waals surface area contributed by atoms with Crippen molar-refractivity contribution < 1.29 is 9.32 Å². The van der Waals surface area contributed by atoms with Crippen LogP contribution in [-0.4, -0.2) is 39.5 Å². The topological polar surface area (TPSA) is 72.1 Å². The second kappa shape index (κ2) is 6.68. The summed E-state index contributed by atoms with van der Waals surface area (Å²) in [6, 6.07) is 9.83. The van der Waals surface area contributed by atoms with Crippen LogP contribution in [0.2, 0.25) is 0 Å². The molecule has 0 atom stereocenters. The van der Waals surface area contributed by atoms with Gasteiger partial charge in [-0.25, -0.2) is 4.98 Å². The van der Waals surface area contributed by atoms with Crippen LogP contribution >= 0.6 is 11.3 Å². The Morgan fingerprint density at radius 3 is 2.77 bits per heavy atom. The van der Waals surface area contributed by atoms with E-state index in [9.17, 15) is 4.79 Å². The van der Waals surface area contributed by atoms with Crippen LogP contribution in [0.3, 0.4) is 0 Å². The van der Waals surface area contributed by atoms with Crippen LogP contribution < -0.4 is 0 Å². The first kappa shape index (κ1) is 16.4. The molecule has 3 aromatic heterocycles. The lowest BCUT2D eigenvalue weighted by Crippen LogP contribution is -2.25. The lowest BCUT2D eigenvalue weighted by atomic mass is 10.1. The normalized spacial score (nSPS) is 11.0. The van der Waals surface area contributed by atoms with Crippen molar-refractivity contribution in [1.29, 1.82) is 0 Å². The first-order chi connectivity index (χ1) is 12.7. The second-order valence-corrected chi connectivity index (χ2v) is 6.86. The molecule has 0 saturated heterocycles. The van der Waals surface area contributed by atoms with Gasteiger partial charge in [0.25, 0.3) is 5.91 Å². The Balaban J connectivity index is 1.70.